The van der Waals surface area contributed by atoms with Crippen molar-refractivity contribution in [3.63, 3.8) is 0 Å². The van der Waals surface area contributed by atoms with Gasteiger partial charge in [0.25, 0.3) is 5.91 Å². The second kappa shape index (κ2) is 12.0. The molecule has 3 aromatic rings. The summed E-state index contributed by atoms with van der Waals surface area (Å²) < 4.78 is 6.73. The van der Waals surface area contributed by atoms with Gasteiger partial charge in [-0.1, -0.05) is 76.1 Å². The molecule has 3 rings (SSSR count). The quantitative estimate of drug-likeness (QED) is 0.382. The maximum atomic E-state index is 13.6. The molecule has 2 amide bonds. The van der Waals surface area contributed by atoms with E-state index >= 15 is 0 Å². The zero-order valence-electron chi connectivity index (χ0n) is 20.8. The summed E-state index contributed by atoms with van der Waals surface area (Å²) in [6, 6.07) is 24.4. The van der Waals surface area contributed by atoms with E-state index in [4.69, 9.17) is 4.74 Å². The van der Waals surface area contributed by atoms with Crippen molar-refractivity contribution in [3.8, 4) is 5.75 Å². The van der Waals surface area contributed by atoms with Crippen LogP contribution < -0.4 is 10.1 Å². The number of ether oxygens (including phenoxy) is 1. The lowest BCUT2D eigenvalue weighted by Gasteiger charge is -2.33. The van der Waals surface area contributed by atoms with E-state index in [1.54, 1.807) is 17.0 Å². The number of rotatable bonds is 9. The summed E-state index contributed by atoms with van der Waals surface area (Å²) >= 11 is 3.41. The van der Waals surface area contributed by atoms with Gasteiger partial charge < -0.3 is 15.0 Å². The van der Waals surface area contributed by atoms with Gasteiger partial charge in [-0.05, 0) is 63.1 Å². The molecule has 0 bridgehead atoms. The van der Waals surface area contributed by atoms with Crippen LogP contribution in [0.3, 0.4) is 0 Å². The molecule has 0 aliphatic carbocycles. The molecule has 1 unspecified atom stereocenters. The topological polar surface area (TPSA) is 58.6 Å². The first-order valence-electron chi connectivity index (χ1n) is 11.7. The lowest BCUT2D eigenvalue weighted by Crippen LogP contribution is -2.55. The smallest absolute Gasteiger partial charge is 0.261 e. The van der Waals surface area contributed by atoms with Gasteiger partial charge in [-0.25, -0.2) is 0 Å². The number of nitrogens with one attached hydrogen (secondary N) is 1. The molecule has 0 radical (unpaired) electrons. The summed E-state index contributed by atoms with van der Waals surface area (Å²) in [5.74, 6) is 0.152. The third-order valence-electron chi connectivity index (χ3n) is 5.42. The van der Waals surface area contributed by atoms with E-state index in [1.807, 2.05) is 94.4 Å². The second-order valence-electron chi connectivity index (χ2n) is 9.69. The van der Waals surface area contributed by atoms with Gasteiger partial charge in [-0.15, -0.1) is 0 Å². The SMILES string of the molecule is Cc1ccc(CN(C(=O)COc2ccc(Br)cc2)C(Cc2ccccc2)C(=O)NC(C)(C)C)cc1. The van der Waals surface area contributed by atoms with Gasteiger partial charge in [0, 0.05) is 23.0 Å². The summed E-state index contributed by atoms with van der Waals surface area (Å²) in [5, 5.41) is 3.07. The van der Waals surface area contributed by atoms with Gasteiger partial charge in [0.15, 0.2) is 6.61 Å². The van der Waals surface area contributed by atoms with Gasteiger partial charge >= 0.3 is 0 Å². The molecule has 0 aromatic heterocycles. The summed E-state index contributed by atoms with van der Waals surface area (Å²) in [4.78, 5) is 28.7. The highest BCUT2D eigenvalue weighted by atomic mass is 79.9. The minimum atomic E-state index is -0.695. The molecule has 5 nitrogen and oxygen atoms in total. The first kappa shape index (κ1) is 26.5. The molecule has 1 atom stereocenters. The number of aryl methyl sites for hydroxylation is 1. The van der Waals surface area contributed by atoms with Crippen molar-refractivity contribution in [2.24, 2.45) is 0 Å². The average molecular weight is 537 g/mol. The predicted molar refractivity (Wildman–Crippen MR) is 143 cm³/mol. The first-order valence-corrected chi connectivity index (χ1v) is 12.5. The Morgan fingerprint density at radius 3 is 2.14 bits per heavy atom. The van der Waals surface area contributed by atoms with Gasteiger partial charge in [0.1, 0.15) is 11.8 Å². The van der Waals surface area contributed by atoms with E-state index in [-0.39, 0.29) is 18.4 Å². The molecule has 0 saturated heterocycles. The largest absolute Gasteiger partial charge is 0.484 e. The van der Waals surface area contributed by atoms with Crippen LogP contribution in [0.2, 0.25) is 0 Å². The Balaban J connectivity index is 1.91. The number of carbonyl (C=O) groups excluding carboxylic acids is 2. The van der Waals surface area contributed by atoms with Crippen LogP contribution >= 0.6 is 15.9 Å². The standard InChI is InChI=1S/C29H33BrN2O3/c1-21-10-12-23(13-11-21)19-32(27(33)20-35-25-16-14-24(30)15-17-25)26(28(34)31-29(2,3)4)18-22-8-6-5-7-9-22/h5-17,26H,18-20H2,1-4H3,(H,31,34). The highest BCUT2D eigenvalue weighted by molar-refractivity contribution is 9.10. The van der Waals surface area contributed by atoms with Crippen LogP contribution in [-0.2, 0) is 22.6 Å². The van der Waals surface area contributed by atoms with Gasteiger partial charge in [0.05, 0.1) is 0 Å². The van der Waals surface area contributed by atoms with Gasteiger partial charge in [-0.3, -0.25) is 9.59 Å². The van der Waals surface area contributed by atoms with Crippen LogP contribution in [0.4, 0.5) is 0 Å². The van der Waals surface area contributed by atoms with Crippen LogP contribution in [-0.4, -0.2) is 34.9 Å². The number of amides is 2. The molecule has 6 heteroatoms. The normalized spacial score (nSPS) is 12.0. The van der Waals surface area contributed by atoms with Crippen molar-refractivity contribution in [2.75, 3.05) is 6.61 Å². The fraction of sp³-hybridized carbons (Fsp3) is 0.310. The van der Waals surface area contributed by atoms with E-state index in [1.165, 1.54) is 0 Å². The zero-order valence-corrected chi connectivity index (χ0v) is 22.3. The van der Waals surface area contributed by atoms with Crippen molar-refractivity contribution in [1.29, 1.82) is 0 Å². The molecule has 35 heavy (non-hydrogen) atoms. The summed E-state index contributed by atoms with van der Waals surface area (Å²) in [7, 11) is 0. The Morgan fingerprint density at radius 1 is 0.914 bits per heavy atom. The number of nitrogens with zero attached hydrogens (tertiary/aromatic N) is 1. The molecule has 1 N–H and O–H groups in total. The highest BCUT2D eigenvalue weighted by Crippen LogP contribution is 2.19. The van der Waals surface area contributed by atoms with Crippen molar-refractivity contribution in [2.45, 2.75) is 52.2 Å². The van der Waals surface area contributed by atoms with Crippen molar-refractivity contribution < 1.29 is 14.3 Å². The minimum absolute atomic E-state index is 0.165. The zero-order chi connectivity index (χ0) is 25.4. The molecule has 0 heterocycles. The monoisotopic (exact) mass is 536 g/mol. The number of hydrogen-bond donors (Lipinski definition) is 1. The number of halogens is 1. The highest BCUT2D eigenvalue weighted by Gasteiger charge is 2.32. The molecule has 3 aromatic carbocycles. The maximum absolute atomic E-state index is 13.6. The van der Waals surface area contributed by atoms with E-state index in [0.717, 1.165) is 21.2 Å². The maximum Gasteiger partial charge on any atom is 0.261 e. The third kappa shape index (κ3) is 8.55. The number of hydrogen-bond acceptors (Lipinski definition) is 3. The molecular formula is C29H33BrN2O3. The minimum Gasteiger partial charge on any atom is -0.484 e. The average Bonchev–Trinajstić information content (AvgIpc) is 2.81. The first-order chi connectivity index (χ1) is 16.6. The van der Waals surface area contributed by atoms with E-state index in [0.29, 0.717) is 18.7 Å². The molecule has 0 fully saturated rings. The molecule has 184 valence electrons. The second-order valence-corrected chi connectivity index (χ2v) is 10.6. The van der Waals surface area contributed by atoms with Crippen LogP contribution in [0, 0.1) is 6.92 Å². The van der Waals surface area contributed by atoms with Crippen LogP contribution in [0.15, 0.2) is 83.3 Å². The van der Waals surface area contributed by atoms with Crippen molar-refractivity contribution in [3.05, 3.63) is 100 Å². The Kier molecular flexibility index (Phi) is 9.10. The van der Waals surface area contributed by atoms with Crippen molar-refractivity contribution >= 4 is 27.7 Å². The lowest BCUT2D eigenvalue weighted by atomic mass is 10.0. The fourth-order valence-electron chi connectivity index (χ4n) is 3.66. The van der Waals surface area contributed by atoms with Crippen LogP contribution in [0.25, 0.3) is 0 Å². The Bertz CT molecular complexity index is 1110. The molecular weight excluding hydrogens is 504 g/mol. The summed E-state index contributed by atoms with van der Waals surface area (Å²) in [5.41, 5.74) is 2.64. The number of benzene rings is 3. The fourth-order valence-corrected chi connectivity index (χ4v) is 3.92. The van der Waals surface area contributed by atoms with E-state index in [9.17, 15) is 9.59 Å². The predicted octanol–water partition coefficient (Wildman–Crippen LogP) is 5.69. The Hall–Kier alpha value is -3.12. The lowest BCUT2D eigenvalue weighted by molar-refractivity contribution is -0.143. The number of carbonyl (C=O) groups is 2. The Morgan fingerprint density at radius 2 is 1.54 bits per heavy atom. The molecule has 0 saturated carbocycles. The van der Waals surface area contributed by atoms with Crippen LogP contribution in [0.5, 0.6) is 5.75 Å². The van der Waals surface area contributed by atoms with E-state index < -0.39 is 11.6 Å². The van der Waals surface area contributed by atoms with Crippen LogP contribution in [0.1, 0.15) is 37.5 Å². The van der Waals surface area contributed by atoms with Gasteiger partial charge in [0.2, 0.25) is 5.91 Å². The Labute approximate surface area is 216 Å². The summed E-state index contributed by atoms with van der Waals surface area (Å²) in [6.45, 7) is 7.97. The molecule has 0 spiro atoms. The molecule has 0 aliphatic rings. The van der Waals surface area contributed by atoms with Crippen molar-refractivity contribution in [1.82, 2.24) is 10.2 Å². The van der Waals surface area contributed by atoms with Gasteiger partial charge in [-0.2, -0.15) is 0 Å². The summed E-state index contributed by atoms with van der Waals surface area (Å²) in [6.07, 6.45) is 0.401. The molecule has 0 aliphatic heterocycles. The van der Waals surface area contributed by atoms with E-state index in [2.05, 4.69) is 21.2 Å². The third-order valence-corrected chi connectivity index (χ3v) is 5.95.